The predicted octanol–water partition coefficient (Wildman–Crippen LogP) is 5.73. The van der Waals surface area contributed by atoms with Crippen molar-refractivity contribution in [3.8, 4) is 0 Å². The summed E-state index contributed by atoms with van der Waals surface area (Å²) >= 11 is 7.46. The van der Waals surface area contributed by atoms with E-state index in [2.05, 4.69) is 53.4 Å². The molecule has 0 aromatic carbocycles. The molecule has 0 atom stereocenters. The molecule has 0 aliphatic rings. The number of rotatable bonds is 2. The Balaban J connectivity index is 0. The molecule has 0 bridgehead atoms. The number of aromatic nitrogens is 2. The molecule has 0 saturated heterocycles. The minimum absolute atomic E-state index is 0.720. The molecule has 2 rings (SSSR count). The zero-order valence-corrected chi connectivity index (χ0v) is 21.8. The molecule has 25 heavy (non-hydrogen) atoms. The number of halogens is 2. The van der Waals surface area contributed by atoms with E-state index in [0.29, 0.717) is 0 Å². The number of anilines is 2. The van der Waals surface area contributed by atoms with Crippen molar-refractivity contribution in [3.63, 3.8) is 0 Å². The zero-order chi connectivity index (χ0) is 19.8. The van der Waals surface area contributed by atoms with Gasteiger partial charge >= 0.3 is 30.0 Å². The van der Waals surface area contributed by atoms with Crippen LogP contribution in [0.4, 0.5) is 11.4 Å². The minimum atomic E-state index is 0.720. The first-order valence-electron chi connectivity index (χ1n) is 8.01. The third-order valence-electron chi connectivity index (χ3n) is 2.94. The maximum absolute atomic E-state index is 5.81. The summed E-state index contributed by atoms with van der Waals surface area (Å²) in [7, 11) is 0. The summed E-state index contributed by atoms with van der Waals surface area (Å²) in [4.78, 5) is 8.14. The van der Waals surface area contributed by atoms with Crippen molar-refractivity contribution in [2.75, 3.05) is 11.5 Å². The fraction of sp³-hybridized carbons (Fsp3) is 0.389. The van der Waals surface area contributed by atoms with Gasteiger partial charge in [0.05, 0.1) is 17.1 Å². The summed E-state index contributed by atoms with van der Waals surface area (Å²) in [5, 5.41) is 0. The van der Waals surface area contributed by atoms with Gasteiger partial charge in [0.25, 0.3) is 0 Å². The normalized spacial score (nSPS) is 8.84. The van der Waals surface area contributed by atoms with E-state index in [-0.39, 0.29) is 0 Å². The second-order valence-electron chi connectivity index (χ2n) is 5.07. The number of hydrogen-bond donors (Lipinski definition) is 2. The Morgan fingerprint density at radius 1 is 1.00 bits per heavy atom. The van der Waals surface area contributed by atoms with Gasteiger partial charge in [-0.3, -0.25) is 4.98 Å². The fourth-order valence-electron chi connectivity index (χ4n) is 1.60. The van der Waals surface area contributed by atoms with E-state index >= 15 is 0 Å². The number of pyridine rings is 2. The third-order valence-corrected chi connectivity index (χ3v) is 3.57. The molecule has 0 aliphatic heterocycles. The summed E-state index contributed by atoms with van der Waals surface area (Å²) in [6.07, 6.45) is 6.61. The molecule has 7 heteroatoms. The quantitative estimate of drug-likeness (QED) is 0.298. The van der Waals surface area contributed by atoms with Crippen molar-refractivity contribution in [1.82, 2.24) is 9.97 Å². The van der Waals surface area contributed by atoms with Gasteiger partial charge in [-0.1, -0.05) is 20.3 Å². The van der Waals surface area contributed by atoms with Gasteiger partial charge in [-0.05, 0) is 59.5 Å². The van der Waals surface area contributed by atoms with Crippen molar-refractivity contribution in [3.05, 3.63) is 52.9 Å². The second-order valence-corrected chi connectivity index (χ2v) is 5.82. The molecule has 2 aromatic heterocycles. The van der Waals surface area contributed by atoms with Gasteiger partial charge in [-0.15, -0.1) is 0 Å². The first kappa shape index (κ1) is 26.7. The first-order valence-corrected chi connectivity index (χ1v) is 15.8. The Hall–Kier alpha value is -0.517. The Morgan fingerprint density at radius 2 is 1.44 bits per heavy atom. The Morgan fingerprint density at radius 3 is 1.84 bits per heavy atom. The number of hydrogen-bond acceptors (Lipinski definition) is 4. The average molecular weight is 526 g/mol. The van der Waals surface area contributed by atoms with Crippen molar-refractivity contribution >= 4 is 40.9 Å². The summed E-state index contributed by atoms with van der Waals surface area (Å²) in [5.74, 6) is 0. The van der Waals surface area contributed by atoms with E-state index < -0.39 is 0 Å². The maximum atomic E-state index is 5.81. The first-order chi connectivity index (χ1) is 11.9. The number of aryl methyl sites for hydroxylation is 3. The molecule has 0 aliphatic carbocycles. The number of nitrogen functional groups attached to an aromatic ring is 2. The van der Waals surface area contributed by atoms with Gasteiger partial charge in [-0.2, -0.15) is 6.42 Å². The van der Waals surface area contributed by atoms with Crippen LogP contribution in [0.5, 0.6) is 0 Å². The second kappa shape index (κ2) is 16.9. The van der Waals surface area contributed by atoms with Crippen LogP contribution in [0.3, 0.4) is 0 Å². The fourth-order valence-corrected chi connectivity index (χ4v) is 2.03. The van der Waals surface area contributed by atoms with Gasteiger partial charge in [0.1, 0.15) is 4.60 Å². The van der Waals surface area contributed by atoms with E-state index in [1.54, 1.807) is 6.20 Å². The summed E-state index contributed by atoms with van der Waals surface area (Å²) in [6, 6.07) is 3.81. The van der Waals surface area contributed by atoms with Crippen LogP contribution in [-0.2, 0) is 22.8 Å². The van der Waals surface area contributed by atoms with Gasteiger partial charge in [0.2, 0.25) is 0 Å². The van der Waals surface area contributed by atoms with E-state index in [1.165, 1.54) is 16.3 Å². The molecule has 4 nitrogen and oxygen atoms in total. The van der Waals surface area contributed by atoms with E-state index in [4.69, 9.17) is 11.5 Å². The molecular formula is C18H28Br2N4Zn. The number of nitrogens with zero attached hydrogens (tertiary/aromatic N) is 2. The van der Waals surface area contributed by atoms with Gasteiger partial charge < -0.3 is 18.4 Å². The Kier molecular flexibility index (Phi) is 18.1. The molecule has 4 N–H and O–H groups in total. The van der Waals surface area contributed by atoms with Crippen LogP contribution >= 0.6 is 29.6 Å². The molecule has 0 saturated carbocycles. The van der Waals surface area contributed by atoms with E-state index in [1.807, 2.05) is 39.1 Å². The van der Waals surface area contributed by atoms with E-state index in [0.717, 1.165) is 52.1 Å². The number of nitrogens with two attached hydrogens (primary N) is 2. The van der Waals surface area contributed by atoms with Crippen molar-refractivity contribution < 1.29 is 16.3 Å². The third kappa shape index (κ3) is 11.7. The molecule has 136 valence electrons. The molecule has 2 aromatic rings. The zero-order valence-electron chi connectivity index (χ0n) is 15.6. The molecule has 0 fully saturated rings. The van der Waals surface area contributed by atoms with Crippen LogP contribution in [0.15, 0.2) is 29.1 Å². The van der Waals surface area contributed by atoms with Gasteiger partial charge in [0.15, 0.2) is 0 Å². The van der Waals surface area contributed by atoms with Crippen LogP contribution < -0.4 is 11.5 Å². The van der Waals surface area contributed by atoms with Crippen LogP contribution in [-0.4, -0.2) is 9.97 Å². The van der Waals surface area contributed by atoms with Crippen LogP contribution in [0, 0.1) is 20.8 Å². The average Bonchev–Trinajstić information content (AvgIpc) is 2.60. The van der Waals surface area contributed by atoms with Crippen molar-refractivity contribution in [2.24, 2.45) is 0 Å². The predicted molar refractivity (Wildman–Crippen MR) is 113 cm³/mol. The monoisotopic (exact) mass is 522 g/mol. The SMILES string of the molecule is CCCc1nccc(C)c1N.Cc1ccnc(Br)c1N.[CH2-]CC.[Zn+][Br]. The summed E-state index contributed by atoms with van der Waals surface area (Å²) < 4.78 is 0.725. The van der Waals surface area contributed by atoms with Crippen LogP contribution in [0.1, 0.15) is 43.5 Å². The van der Waals surface area contributed by atoms with Crippen LogP contribution in [0.25, 0.3) is 0 Å². The Bertz CT molecular complexity index is 575. The molecule has 0 amide bonds. The molecule has 2 heterocycles. The molecular weight excluding hydrogens is 497 g/mol. The molecule has 0 unspecified atom stereocenters. The molecule has 0 spiro atoms. The van der Waals surface area contributed by atoms with E-state index in [9.17, 15) is 0 Å². The standard InChI is InChI=1S/C9H14N2.C6H7BrN2.C3H7.BrH.Zn/c1-3-4-8-9(10)7(2)5-6-11-8;1-4-2-3-9-6(7)5(4)8;1-3-2;;/h5-6H,3-4,10H2,1-2H3;2-3H,8H2,1H3;1,3H2,2H3;1H;/q;;-1;;+2/p-1. The van der Waals surface area contributed by atoms with Crippen LogP contribution in [0.2, 0.25) is 0 Å². The van der Waals surface area contributed by atoms with Gasteiger partial charge in [0, 0.05) is 12.4 Å². The van der Waals surface area contributed by atoms with Crippen molar-refractivity contribution in [1.29, 1.82) is 0 Å². The molecule has 0 radical (unpaired) electrons. The Labute approximate surface area is 177 Å². The van der Waals surface area contributed by atoms with Crippen molar-refractivity contribution in [2.45, 2.75) is 47.0 Å². The topological polar surface area (TPSA) is 77.8 Å². The van der Waals surface area contributed by atoms with Gasteiger partial charge in [-0.25, -0.2) is 4.98 Å². The summed E-state index contributed by atoms with van der Waals surface area (Å²) in [6.45, 7) is 11.6. The summed E-state index contributed by atoms with van der Waals surface area (Å²) in [5.41, 5.74) is 16.2.